The molecule has 4 nitrogen and oxygen atoms in total. The van der Waals surface area contributed by atoms with Crippen molar-refractivity contribution in [1.29, 1.82) is 0 Å². The van der Waals surface area contributed by atoms with Crippen molar-refractivity contribution in [2.75, 3.05) is 0 Å². The van der Waals surface area contributed by atoms with Gasteiger partial charge in [0.15, 0.2) is 17.5 Å². The van der Waals surface area contributed by atoms with Crippen LogP contribution in [0, 0.1) is 0 Å². The average Bonchev–Trinajstić information content (AvgIpc) is 3.67. The third-order valence-electron chi connectivity index (χ3n) is 12.0. The lowest BCUT2D eigenvalue weighted by atomic mass is 9.91. The lowest BCUT2D eigenvalue weighted by Gasteiger charge is -2.18. The van der Waals surface area contributed by atoms with Crippen LogP contribution in [-0.2, 0) is 0 Å². The van der Waals surface area contributed by atoms with Crippen LogP contribution in [0.3, 0.4) is 0 Å². The van der Waals surface area contributed by atoms with Gasteiger partial charge >= 0.3 is 0 Å². The summed E-state index contributed by atoms with van der Waals surface area (Å²) in [5.74, 6) is 1.88. The van der Waals surface area contributed by atoms with Gasteiger partial charge in [-0.15, -0.1) is 0 Å². The van der Waals surface area contributed by atoms with Crippen LogP contribution in [0.1, 0.15) is 0 Å². The quantitative estimate of drug-likeness (QED) is 0.158. The van der Waals surface area contributed by atoms with E-state index in [9.17, 15) is 0 Å². The number of rotatable bonds is 6. The summed E-state index contributed by atoms with van der Waals surface area (Å²) in [4.78, 5) is 15.6. The first-order valence-corrected chi connectivity index (χ1v) is 20.7. The van der Waals surface area contributed by atoms with Gasteiger partial charge in [0.2, 0.25) is 0 Å². The third-order valence-corrected chi connectivity index (χ3v) is 12.0. The Labute approximate surface area is 352 Å². The van der Waals surface area contributed by atoms with Crippen LogP contribution in [0.5, 0.6) is 0 Å². The van der Waals surface area contributed by atoms with Crippen molar-refractivity contribution in [3.63, 3.8) is 0 Å². The highest BCUT2D eigenvalue weighted by molar-refractivity contribution is 6.28. The molecule has 2 heterocycles. The second kappa shape index (κ2) is 14.3. The SMILES string of the molecule is c1ccc(-c2ccc3c(c2)c2cc(-c4ccccc4)ccc2n3-c2cc(-c3nc(-c4ccccc4)nc(-c4ccccc4)n3)cc3c4ccccc4c4ccccc4c23)cc1. The Morgan fingerprint density at radius 2 is 0.607 bits per heavy atom. The molecular formula is C57H36N4. The largest absolute Gasteiger partial charge is 0.309 e. The molecule has 0 unspecified atom stereocenters. The van der Waals surface area contributed by atoms with E-state index in [1.54, 1.807) is 0 Å². The first-order chi connectivity index (χ1) is 30.2. The topological polar surface area (TPSA) is 43.6 Å². The first-order valence-electron chi connectivity index (χ1n) is 20.7. The number of benzene rings is 10. The van der Waals surface area contributed by atoms with E-state index in [2.05, 4.69) is 187 Å². The van der Waals surface area contributed by atoms with E-state index in [0.29, 0.717) is 17.5 Å². The highest BCUT2D eigenvalue weighted by Crippen LogP contribution is 2.44. The Hall–Kier alpha value is -8.21. The molecule has 12 aromatic rings. The van der Waals surface area contributed by atoms with E-state index >= 15 is 0 Å². The van der Waals surface area contributed by atoms with Crippen LogP contribution < -0.4 is 0 Å². The molecule has 0 aliphatic carbocycles. The van der Waals surface area contributed by atoms with Crippen LogP contribution >= 0.6 is 0 Å². The molecule has 2 aromatic heterocycles. The maximum atomic E-state index is 5.25. The monoisotopic (exact) mass is 776 g/mol. The third kappa shape index (κ3) is 5.88. The fourth-order valence-electron chi connectivity index (χ4n) is 9.16. The molecule has 0 amide bonds. The van der Waals surface area contributed by atoms with Gasteiger partial charge in [-0.1, -0.05) is 182 Å². The van der Waals surface area contributed by atoms with Gasteiger partial charge in [0.05, 0.1) is 16.7 Å². The fraction of sp³-hybridized carbons (Fsp3) is 0. The number of hydrogen-bond donors (Lipinski definition) is 0. The van der Waals surface area contributed by atoms with E-state index in [4.69, 9.17) is 15.0 Å². The molecule has 284 valence electrons. The number of nitrogens with zero attached hydrogens (tertiary/aromatic N) is 4. The van der Waals surface area contributed by atoms with Crippen molar-refractivity contribution in [3.05, 3.63) is 218 Å². The van der Waals surface area contributed by atoms with E-state index in [1.807, 2.05) is 36.4 Å². The summed E-state index contributed by atoms with van der Waals surface area (Å²) >= 11 is 0. The standard InChI is InChI=1S/C57H36N4/c1-5-17-37(18-6-1)41-29-31-51-48(33-41)49-34-42(38-19-7-2-8-20-38)30-32-52(49)61(51)53-36-43(35-50-46-27-14-13-25-44(46)45-26-15-16-28-47(45)54(50)53)57-59-55(39-21-9-3-10-22-39)58-56(60-57)40-23-11-4-12-24-40/h1-36H. The molecule has 4 heteroatoms. The van der Waals surface area contributed by atoms with Gasteiger partial charge in [0.1, 0.15) is 0 Å². The zero-order valence-electron chi connectivity index (χ0n) is 33.1. The van der Waals surface area contributed by atoms with Crippen LogP contribution in [0.25, 0.3) is 116 Å². The molecule has 0 aliphatic heterocycles. The van der Waals surface area contributed by atoms with Gasteiger partial charge in [-0.3, -0.25) is 0 Å². The Bertz CT molecular complexity index is 3460. The van der Waals surface area contributed by atoms with Gasteiger partial charge in [0.25, 0.3) is 0 Å². The Morgan fingerprint density at radius 3 is 1.08 bits per heavy atom. The maximum Gasteiger partial charge on any atom is 0.164 e. The lowest BCUT2D eigenvalue weighted by Crippen LogP contribution is -2.02. The van der Waals surface area contributed by atoms with E-state index in [1.165, 1.54) is 60.0 Å². The zero-order valence-corrected chi connectivity index (χ0v) is 33.1. The molecule has 61 heavy (non-hydrogen) atoms. The average molecular weight is 777 g/mol. The summed E-state index contributed by atoms with van der Waals surface area (Å²) in [6.07, 6.45) is 0. The minimum atomic E-state index is 0.617. The van der Waals surface area contributed by atoms with Crippen LogP contribution in [0.15, 0.2) is 218 Å². The normalized spacial score (nSPS) is 11.6. The second-order valence-corrected chi connectivity index (χ2v) is 15.6. The Morgan fingerprint density at radius 1 is 0.246 bits per heavy atom. The van der Waals surface area contributed by atoms with Crippen LogP contribution in [0.4, 0.5) is 0 Å². The van der Waals surface area contributed by atoms with Crippen molar-refractivity contribution < 1.29 is 0 Å². The van der Waals surface area contributed by atoms with Gasteiger partial charge in [0, 0.05) is 32.8 Å². The molecule has 0 saturated heterocycles. The number of aromatic nitrogens is 4. The smallest absolute Gasteiger partial charge is 0.164 e. The van der Waals surface area contributed by atoms with Crippen LogP contribution in [-0.4, -0.2) is 19.5 Å². The highest BCUT2D eigenvalue weighted by Gasteiger charge is 2.22. The highest BCUT2D eigenvalue weighted by atomic mass is 15.0. The molecular weight excluding hydrogens is 741 g/mol. The maximum absolute atomic E-state index is 5.25. The van der Waals surface area contributed by atoms with Gasteiger partial charge in [-0.05, 0) is 85.6 Å². The van der Waals surface area contributed by atoms with Crippen LogP contribution in [0.2, 0.25) is 0 Å². The summed E-state index contributed by atoms with van der Waals surface area (Å²) in [5.41, 5.74) is 10.8. The minimum absolute atomic E-state index is 0.617. The van der Waals surface area contributed by atoms with Gasteiger partial charge in [-0.25, -0.2) is 15.0 Å². The Kier molecular flexibility index (Phi) is 8.13. The molecule has 0 atom stereocenters. The fourth-order valence-corrected chi connectivity index (χ4v) is 9.16. The van der Waals surface area contributed by atoms with Crippen molar-refractivity contribution in [1.82, 2.24) is 19.5 Å². The summed E-state index contributed by atoms with van der Waals surface area (Å²) in [5, 5.41) is 9.50. The van der Waals surface area contributed by atoms with E-state index < -0.39 is 0 Å². The summed E-state index contributed by atoms with van der Waals surface area (Å²) in [6.45, 7) is 0. The molecule has 0 N–H and O–H groups in total. The van der Waals surface area contributed by atoms with Crippen molar-refractivity contribution >= 4 is 54.1 Å². The van der Waals surface area contributed by atoms with Gasteiger partial charge in [-0.2, -0.15) is 0 Å². The molecule has 0 fully saturated rings. The predicted molar refractivity (Wildman–Crippen MR) is 254 cm³/mol. The zero-order chi connectivity index (χ0) is 40.3. The summed E-state index contributed by atoms with van der Waals surface area (Å²) in [6, 6.07) is 77.7. The summed E-state index contributed by atoms with van der Waals surface area (Å²) in [7, 11) is 0. The molecule has 0 saturated carbocycles. The number of hydrogen-bond acceptors (Lipinski definition) is 3. The van der Waals surface area contributed by atoms with Crippen molar-refractivity contribution in [2.45, 2.75) is 0 Å². The first kappa shape index (κ1) is 34.8. The summed E-state index contributed by atoms with van der Waals surface area (Å²) < 4.78 is 2.47. The second-order valence-electron chi connectivity index (χ2n) is 15.6. The van der Waals surface area contributed by atoms with Crippen molar-refractivity contribution in [3.8, 4) is 62.1 Å². The molecule has 12 rings (SSSR count). The predicted octanol–water partition coefficient (Wildman–Crippen LogP) is 14.8. The molecule has 0 bridgehead atoms. The van der Waals surface area contributed by atoms with E-state index in [-0.39, 0.29) is 0 Å². The molecule has 10 aromatic carbocycles. The Balaban J connectivity index is 1.22. The molecule has 0 aliphatic rings. The van der Waals surface area contributed by atoms with Gasteiger partial charge < -0.3 is 4.57 Å². The molecule has 0 spiro atoms. The van der Waals surface area contributed by atoms with E-state index in [0.717, 1.165) is 38.8 Å². The minimum Gasteiger partial charge on any atom is -0.309 e. The lowest BCUT2D eigenvalue weighted by molar-refractivity contribution is 1.07. The number of fused-ring (bicyclic) bond motifs is 9. The van der Waals surface area contributed by atoms with Crippen molar-refractivity contribution in [2.24, 2.45) is 0 Å². The molecule has 0 radical (unpaired) electrons.